The van der Waals surface area contributed by atoms with Crippen molar-refractivity contribution in [3.63, 3.8) is 0 Å². The molecule has 4 N–H and O–H groups in total. The van der Waals surface area contributed by atoms with Crippen LogP contribution in [0.2, 0.25) is 0 Å². The predicted molar refractivity (Wildman–Crippen MR) is 62.8 cm³/mol. The Bertz CT molecular complexity index is 778. The molecular formula is C11H8FN3O4. The molecule has 0 saturated heterocycles. The Balaban J connectivity index is 2.90. The standard InChI is InChI=1S/C11H8FN3O4/c12-5-3-1-2-4-6(5)15-10(18)7(8(13)16)9(17)14-11(15)19/h1-4,18H,(H2,13,16)(H,14,17,19). The van der Waals surface area contributed by atoms with Gasteiger partial charge in [0.25, 0.3) is 11.5 Å². The Morgan fingerprint density at radius 2 is 1.95 bits per heavy atom. The van der Waals surface area contributed by atoms with Crippen LogP contribution in [0.15, 0.2) is 33.9 Å². The van der Waals surface area contributed by atoms with Crippen LogP contribution < -0.4 is 17.0 Å². The number of aromatic nitrogens is 2. The van der Waals surface area contributed by atoms with Gasteiger partial charge in [0.1, 0.15) is 5.82 Å². The first-order valence-corrected chi connectivity index (χ1v) is 5.06. The van der Waals surface area contributed by atoms with Gasteiger partial charge in [-0.2, -0.15) is 0 Å². The molecule has 19 heavy (non-hydrogen) atoms. The number of hydrogen-bond donors (Lipinski definition) is 3. The summed E-state index contributed by atoms with van der Waals surface area (Å²) in [6, 6.07) is 5.04. The Kier molecular flexibility index (Phi) is 2.91. The maximum absolute atomic E-state index is 13.6. The number of nitrogens with zero attached hydrogens (tertiary/aromatic N) is 1. The van der Waals surface area contributed by atoms with E-state index in [-0.39, 0.29) is 5.69 Å². The number of amides is 1. The second-order valence-corrected chi connectivity index (χ2v) is 3.61. The second kappa shape index (κ2) is 4.41. The van der Waals surface area contributed by atoms with Gasteiger partial charge in [-0.05, 0) is 12.1 Å². The van der Waals surface area contributed by atoms with E-state index < -0.39 is 34.4 Å². The van der Waals surface area contributed by atoms with E-state index >= 15 is 0 Å². The number of benzene rings is 1. The minimum Gasteiger partial charge on any atom is -0.493 e. The molecule has 2 aromatic rings. The predicted octanol–water partition coefficient (Wildman–Crippen LogP) is -0.531. The third-order valence-corrected chi connectivity index (χ3v) is 2.43. The maximum Gasteiger partial charge on any atom is 0.335 e. The zero-order chi connectivity index (χ0) is 14.2. The largest absolute Gasteiger partial charge is 0.493 e. The topological polar surface area (TPSA) is 118 Å². The van der Waals surface area contributed by atoms with Gasteiger partial charge >= 0.3 is 5.69 Å². The molecule has 1 aromatic heterocycles. The number of primary amides is 1. The third kappa shape index (κ3) is 1.99. The summed E-state index contributed by atoms with van der Waals surface area (Å²) in [4.78, 5) is 35.8. The number of hydrogen-bond acceptors (Lipinski definition) is 4. The molecular weight excluding hydrogens is 257 g/mol. The summed E-state index contributed by atoms with van der Waals surface area (Å²) in [5.74, 6) is -3.06. The normalized spacial score (nSPS) is 10.4. The number of carbonyl (C=O) groups is 1. The van der Waals surface area contributed by atoms with Gasteiger partial charge in [-0.15, -0.1) is 0 Å². The van der Waals surface area contributed by atoms with Crippen LogP contribution >= 0.6 is 0 Å². The van der Waals surface area contributed by atoms with Crippen molar-refractivity contribution >= 4 is 5.91 Å². The molecule has 0 atom stereocenters. The van der Waals surface area contributed by atoms with E-state index in [1.54, 1.807) is 4.98 Å². The lowest BCUT2D eigenvalue weighted by atomic mass is 10.2. The molecule has 2 rings (SSSR count). The van der Waals surface area contributed by atoms with Crippen LogP contribution in [-0.2, 0) is 0 Å². The van der Waals surface area contributed by atoms with Crippen molar-refractivity contribution in [1.82, 2.24) is 9.55 Å². The van der Waals surface area contributed by atoms with E-state index in [4.69, 9.17) is 5.73 Å². The van der Waals surface area contributed by atoms with Gasteiger partial charge in [-0.1, -0.05) is 12.1 Å². The maximum atomic E-state index is 13.6. The molecule has 0 aliphatic rings. The third-order valence-electron chi connectivity index (χ3n) is 2.43. The first-order valence-electron chi connectivity index (χ1n) is 5.06. The molecule has 1 amide bonds. The van der Waals surface area contributed by atoms with Crippen LogP contribution in [0.25, 0.3) is 5.69 Å². The highest BCUT2D eigenvalue weighted by molar-refractivity contribution is 5.94. The lowest BCUT2D eigenvalue weighted by molar-refractivity contribution is 0.0994. The summed E-state index contributed by atoms with van der Waals surface area (Å²) >= 11 is 0. The Labute approximate surface area is 104 Å². The molecule has 1 aromatic carbocycles. The van der Waals surface area contributed by atoms with Gasteiger partial charge in [0.05, 0.1) is 5.69 Å². The minimum atomic E-state index is -1.23. The first kappa shape index (κ1) is 12.6. The lowest BCUT2D eigenvalue weighted by Crippen LogP contribution is -2.35. The summed E-state index contributed by atoms with van der Waals surface area (Å²) < 4.78 is 14.0. The van der Waals surface area contributed by atoms with Crippen molar-refractivity contribution in [1.29, 1.82) is 0 Å². The van der Waals surface area contributed by atoms with E-state index in [9.17, 15) is 23.9 Å². The van der Waals surface area contributed by atoms with Crippen LogP contribution in [-0.4, -0.2) is 20.6 Å². The summed E-state index contributed by atoms with van der Waals surface area (Å²) in [6.07, 6.45) is 0. The Morgan fingerprint density at radius 1 is 1.32 bits per heavy atom. The van der Waals surface area contributed by atoms with Crippen molar-refractivity contribution in [2.75, 3.05) is 0 Å². The minimum absolute atomic E-state index is 0.316. The average Bonchev–Trinajstić information content (AvgIpc) is 2.30. The molecule has 7 nitrogen and oxygen atoms in total. The average molecular weight is 265 g/mol. The quantitative estimate of drug-likeness (QED) is 0.676. The van der Waals surface area contributed by atoms with Crippen molar-refractivity contribution < 1.29 is 14.3 Å². The SMILES string of the molecule is NC(=O)c1c(O)n(-c2ccccc2F)c(=O)[nH]c1=O. The van der Waals surface area contributed by atoms with Crippen molar-refractivity contribution in [3.05, 3.63) is 56.5 Å². The molecule has 1 heterocycles. The molecule has 0 fully saturated rings. The number of H-pyrrole nitrogens is 1. The van der Waals surface area contributed by atoms with E-state index in [1.807, 2.05) is 0 Å². The lowest BCUT2D eigenvalue weighted by Gasteiger charge is -2.10. The molecule has 98 valence electrons. The number of halogens is 1. The first-order chi connectivity index (χ1) is 8.93. The van der Waals surface area contributed by atoms with Crippen molar-refractivity contribution in [3.8, 4) is 11.6 Å². The summed E-state index contributed by atoms with van der Waals surface area (Å²) in [5.41, 5.74) is 1.57. The monoisotopic (exact) mass is 265 g/mol. The van der Waals surface area contributed by atoms with Crippen LogP contribution in [0, 0.1) is 5.82 Å². The Morgan fingerprint density at radius 3 is 2.53 bits per heavy atom. The van der Waals surface area contributed by atoms with E-state index in [0.717, 1.165) is 6.07 Å². The zero-order valence-electron chi connectivity index (χ0n) is 9.38. The number of carbonyl (C=O) groups excluding carboxylic acids is 1. The van der Waals surface area contributed by atoms with E-state index in [1.165, 1.54) is 18.2 Å². The van der Waals surface area contributed by atoms with Crippen LogP contribution in [0.3, 0.4) is 0 Å². The van der Waals surface area contributed by atoms with Crippen molar-refractivity contribution in [2.45, 2.75) is 0 Å². The highest BCUT2D eigenvalue weighted by atomic mass is 19.1. The van der Waals surface area contributed by atoms with Gasteiger partial charge in [0.15, 0.2) is 5.56 Å². The number of aromatic amines is 1. The number of nitrogens with one attached hydrogen (secondary N) is 1. The van der Waals surface area contributed by atoms with Crippen LogP contribution in [0.1, 0.15) is 10.4 Å². The summed E-state index contributed by atoms with van der Waals surface area (Å²) in [6.45, 7) is 0. The van der Waals surface area contributed by atoms with Gasteiger partial charge in [0, 0.05) is 0 Å². The number of rotatable bonds is 2. The fraction of sp³-hybridized carbons (Fsp3) is 0. The molecule has 0 radical (unpaired) electrons. The van der Waals surface area contributed by atoms with Gasteiger partial charge < -0.3 is 10.8 Å². The molecule has 0 spiro atoms. The fourth-order valence-corrected chi connectivity index (χ4v) is 1.60. The van der Waals surface area contributed by atoms with E-state index in [2.05, 4.69) is 0 Å². The number of aromatic hydroxyl groups is 1. The van der Waals surface area contributed by atoms with Crippen molar-refractivity contribution in [2.24, 2.45) is 5.73 Å². The highest BCUT2D eigenvalue weighted by Crippen LogP contribution is 2.18. The Hall–Kier alpha value is -2.90. The van der Waals surface area contributed by atoms with Gasteiger partial charge in [0.2, 0.25) is 5.88 Å². The molecule has 0 aliphatic heterocycles. The van der Waals surface area contributed by atoms with E-state index in [0.29, 0.717) is 4.57 Å². The highest BCUT2D eigenvalue weighted by Gasteiger charge is 2.20. The van der Waals surface area contributed by atoms with Gasteiger partial charge in [-0.3, -0.25) is 14.6 Å². The summed E-state index contributed by atoms with van der Waals surface area (Å²) in [7, 11) is 0. The molecule has 0 unspecified atom stereocenters. The fourth-order valence-electron chi connectivity index (χ4n) is 1.60. The van der Waals surface area contributed by atoms with Crippen LogP contribution in [0.5, 0.6) is 5.88 Å². The summed E-state index contributed by atoms with van der Waals surface area (Å²) in [5, 5.41) is 9.77. The smallest absolute Gasteiger partial charge is 0.335 e. The van der Waals surface area contributed by atoms with Gasteiger partial charge in [-0.25, -0.2) is 13.8 Å². The molecule has 0 saturated carbocycles. The molecule has 8 heteroatoms. The molecule has 0 bridgehead atoms. The molecule has 0 aliphatic carbocycles. The zero-order valence-corrected chi connectivity index (χ0v) is 9.38. The second-order valence-electron chi connectivity index (χ2n) is 3.61. The van der Waals surface area contributed by atoms with Crippen LogP contribution in [0.4, 0.5) is 4.39 Å². The number of nitrogens with two attached hydrogens (primary N) is 1. The number of para-hydroxylation sites is 1.